The lowest BCUT2D eigenvalue weighted by Gasteiger charge is -2.40. The number of aryl methyl sites for hydroxylation is 4. The minimum Gasteiger partial charge on any atom is -0.490 e. The van der Waals surface area contributed by atoms with Crippen molar-refractivity contribution in [1.82, 2.24) is 42.5 Å². The van der Waals surface area contributed by atoms with Gasteiger partial charge in [0, 0.05) is 48.3 Å². The zero-order valence-corrected chi connectivity index (χ0v) is 61.6. The summed E-state index contributed by atoms with van der Waals surface area (Å²) in [5.41, 5.74) is 3.18. The third-order valence-corrected chi connectivity index (χ3v) is 22.9. The molecule has 8 aliphatic rings. The maximum Gasteiger partial charge on any atom is 0.255 e. The first-order chi connectivity index (χ1) is 49.2. The van der Waals surface area contributed by atoms with Gasteiger partial charge in [0.05, 0.1) is 70.9 Å². The molecule has 16 unspecified atom stereocenters. The molecule has 24 nitrogen and oxygen atoms in total. The van der Waals surface area contributed by atoms with Crippen LogP contribution in [0.4, 0.5) is 0 Å². The molecule has 4 aromatic carbocycles. The molecule has 4 fully saturated rings. The molecule has 24 heteroatoms. The Hall–Kier alpha value is -8.32. The van der Waals surface area contributed by atoms with Crippen molar-refractivity contribution in [2.24, 2.45) is 47.3 Å². The van der Waals surface area contributed by atoms with Crippen LogP contribution in [0.2, 0.25) is 0 Å². The third kappa shape index (κ3) is 16.6. The van der Waals surface area contributed by atoms with Crippen LogP contribution in [0.5, 0.6) is 23.0 Å². The van der Waals surface area contributed by atoms with E-state index in [9.17, 15) is 0 Å². The number of nitrogens with one attached hydrogen (secondary N) is 8. The first kappa shape index (κ1) is 74.4. The van der Waals surface area contributed by atoms with E-state index in [1.54, 1.807) is 76.2 Å². The largest absolute Gasteiger partial charge is 0.490 e. The smallest absolute Gasteiger partial charge is 0.255 e. The van der Waals surface area contributed by atoms with Gasteiger partial charge < -0.3 is 80.4 Å². The molecule has 8 N–H and O–H groups in total. The van der Waals surface area contributed by atoms with Crippen LogP contribution in [0.3, 0.4) is 0 Å². The van der Waals surface area contributed by atoms with Gasteiger partial charge in [0.25, 0.3) is 47.3 Å². The van der Waals surface area contributed by atoms with E-state index in [2.05, 4.69) is 97.9 Å². The number of benzene rings is 4. The maximum atomic E-state index is 15.3. The number of ether oxygens (including phenoxy) is 8. The van der Waals surface area contributed by atoms with E-state index >= 15 is 38.4 Å². The number of hydrogen-bond acceptors (Lipinski definition) is 16. The molecule has 4 heterocycles. The SMILES string of the molecule is Cc1cc2c3c(c1)C(=O)NC1CC(NC(=O)c4cc(C)cc5c4OCCOC4(COCCO3)COCCOc3c(cc(C)cc3C(=O)NC3CC(NC5=O)C(C)CC3C)C(=O)NC3CC(NC(=O)c5cc(C)cc(c5OCCO4)C(=O)NC4CC(NC2=O)C(C)CC4C)C(C)CC3C)C(C)CC1C. The van der Waals surface area contributed by atoms with Crippen LogP contribution in [-0.4, -0.2) is 167 Å². The van der Waals surface area contributed by atoms with Gasteiger partial charge in [-0.15, -0.1) is 0 Å². The molecule has 0 aromatic heterocycles. The monoisotopic (exact) mass is 1420 g/mol. The van der Waals surface area contributed by atoms with E-state index in [1.165, 1.54) is 0 Å². The summed E-state index contributed by atoms with van der Waals surface area (Å²) in [5.74, 6) is -6.40. The second kappa shape index (κ2) is 31.6. The zero-order chi connectivity index (χ0) is 73.3. The van der Waals surface area contributed by atoms with E-state index in [0.29, 0.717) is 73.6 Å². The van der Waals surface area contributed by atoms with Gasteiger partial charge in [0.1, 0.15) is 62.6 Å². The Balaban J connectivity index is 1.03. The normalized spacial score (nSPS) is 32.3. The highest BCUT2D eigenvalue weighted by Crippen LogP contribution is 2.39. The fraction of sp³-hybridized carbons (Fsp3) is 0.595. The summed E-state index contributed by atoms with van der Waals surface area (Å²) in [6, 6.07) is 9.72. The van der Waals surface area contributed by atoms with Crippen molar-refractivity contribution in [2.45, 2.75) is 189 Å². The number of hydrogen-bond donors (Lipinski definition) is 8. The molecule has 12 rings (SSSR count). The Bertz CT molecular complexity index is 3460. The molecule has 103 heavy (non-hydrogen) atoms. The van der Waals surface area contributed by atoms with Crippen LogP contribution < -0.4 is 61.5 Å². The lowest BCUT2D eigenvalue weighted by Crippen LogP contribution is -2.53. The van der Waals surface area contributed by atoms with Gasteiger partial charge >= 0.3 is 0 Å². The molecule has 13 bridgehead atoms. The molecule has 4 saturated carbocycles. The van der Waals surface area contributed by atoms with E-state index in [-0.39, 0.29) is 168 Å². The predicted octanol–water partition coefficient (Wildman–Crippen LogP) is 8.40. The molecule has 16 atom stereocenters. The van der Waals surface area contributed by atoms with Crippen LogP contribution in [-0.2, 0) is 18.9 Å². The summed E-state index contributed by atoms with van der Waals surface area (Å²) in [4.78, 5) is 122. The molecular formula is C79H104N8O16. The quantitative estimate of drug-likeness (QED) is 0.0819. The summed E-state index contributed by atoms with van der Waals surface area (Å²) in [7, 11) is 0. The summed E-state index contributed by atoms with van der Waals surface area (Å²) in [6.45, 7) is 21.1. The van der Waals surface area contributed by atoms with Crippen molar-refractivity contribution >= 4 is 47.3 Å². The van der Waals surface area contributed by atoms with Crippen molar-refractivity contribution < 1.29 is 76.3 Å². The lowest BCUT2D eigenvalue weighted by molar-refractivity contribution is -0.286. The van der Waals surface area contributed by atoms with E-state index < -0.39 is 115 Å². The molecule has 4 aliphatic carbocycles. The van der Waals surface area contributed by atoms with Crippen LogP contribution in [0.1, 0.15) is 212 Å². The number of amides is 8. The Morgan fingerprint density at radius 3 is 0.621 bits per heavy atom. The van der Waals surface area contributed by atoms with Gasteiger partial charge in [0.2, 0.25) is 5.79 Å². The second-order valence-electron chi connectivity index (χ2n) is 31.2. The molecule has 4 aromatic rings. The minimum atomic E-state index is -1.91. The first-order valence-electron chi connectivity index (χ1n) is 37.2. The highest BCUT2D eigenvalue weighted by Gasteiger charge is 2.43. The maximum absolute atomic E-state index is 15.3. The minimum absolute atomic E-state index is 0.0121. The lowest BCUT2D eigenvalue weighted by atomic mass is 9.76. The second-order valence-corrected chi connectivity index (χ2v) is 31.2. The van der Waals surface area contributed by atoms with Gasteiger partial charge in [0.15, 0.2) is 0 Å². The summed E-state index contributed by atoms with van der Waals surface area (Å²) in [6.07, 6.45) is 3.84. The molecule has 0 radical (unpaired) electrons. The van der Waals surface area contributed by atoms with Crippen molar-refractivity contribution in [3.8, 4) is 23.0 Å². The summed E-state index contributed by atoms with van der Waals surface area (Å²) >= 11 is 0. The number of carbonyl (C=O) groups is 8. The fourth-order valence-corrected chi connectivity index (χ4v) is 17.1. The zero-order valence-electron chi connectivity index (χ0n) is 61.6. The van der Waals surface area contributed by atoms with Gasteiger partial charge in [-0.1, -0.05) is 55.4 Å². The van der Waals surface area contributed by atoms with Crippen molar-refractivity contribution in [2.75, 3.05) is 66.1 Å². The number of rotatable bonds is 0. The highest BCUT2D eigenvalue weighted by atomic mass is 16.7. The molecule has 4 aliphatic heterocycles. The van der Waals surface area contributed by atoms with Crippen LogP contribution in [0, 0.1) is 75.0 Å². The number of carbonyl (C=O) groups excluding carboxylic acids is 8. The predicted molar refractivity (Wildman–Crippen MR) is 383 cm³/mol. The molecule has 1 spiro atoms. The molecule has 556 valence electrons. The van der Waals surface area contributed by atoms with E-state index in [0.717, 1.165) is 0 Å². The van der Waals surface area contributed by atoms with Crippen molar-refractivity contribution in [1.29, 1.82) is 0 Å². The molecule has 0 saturated heterocycles. The standard InChI is InChI=1S/C79H104N8O16/c1-39-21-51-67-52(22-39)72(89)81-60-34-64(48(10)30-44(60)6)85-76(93)56-26-42(4)28-58-70(56)101-18-20-103-79(37-96-13-15-98-67)38-97-14-16-99-68-53(23-40(2)24-54(68)74(91)83-62-36-66(87-78(58)95)50(12)32-46(62)8)73(90)82-61-35-65(49(11)31-45(61)7)86-77(94)57-27-41(3)25-55(69(57)100-17-19-102-79)75(92)84-63-33-59(80-71(51)88)43(5)29-47(63)9/h21-28,43-50,59-66H,13-20,29-38H2,1-12H3,(H,80,88)(H,81,89)(H,82,90)(H,83,91)(H,84,92)(H,85,93)(H,86,94)(H,87,95). The van der Waals surface area contributed by atoms with Gasteiger partial charge in [-0.2, -0.15) is 0 Å². The molecule has 8 amide bonds. The average molecular weight is 1420 g/mol. The van der Waals surface area contributed by atoms with Gasteiger partial charge in [-0.3, -0.25) is 38.4 Å². The fourth-order valence-electron chi connectivity index (χ4n) is 17.1. The van der Waals surface area contributed by atoms with Crippen LogP contribution >= 0.6 is 0 Å². The van der Waals surface area contributed by atoms with E-state index in [4.69, 9.17) is 37.9 Å². The van der Waals surface area contributed by atoms with Gasteiger partial charge in [-0.25, -0.2) is 0 Å². The Morgan fingerprint density at radius 2 is 0.437 bits per heavy atom. The van der Waals surface area contributed by atoms with Crippen molar-refractivity contribution in [3.05, 3.63) is 115 Å². The first-order valence-corrected chi connectivity index (χ1v) is 37.2. The van der Waals surface area contributed by atoms with Crippen LogP contribution in [0.15, 0.2) is 48.5 Å². The van der Waals surface area contributed by atoms with E-state index in [1.807, 2.05) is 0 Å². The Labute approximate surface area is 603 Å². The van der Waals surface area contributed by atoms with Gasteiger partial charge in [-0.05, 0) is 197 Å². The average Bonchev–Trinajstić information content (AvgIpc) is 1.01. The summed E-state index contributed by atoms with van der Waals surface area (Å²) < 4.78 is 53.6. The highest BCUT2D eigenvalue weighted by molar-refractivity contribution is 6.08. The Morgan fingerprint density at radius 1 is 0.262 bits per heavy atom. The van der Waals surface area contributed by atoms with Crippen molar-refractivity contribution in [3.63, 3.8) is 0 Å². The molecular weight excluding hydrogens is 1320 g/mol. The van der Waals surface area contributed by atoms with Crippen LogP contribution in [0.25, 0.3) is 0 Å². The topological polar surface area (TPSA) is 307 Å². The third-order valence-electron chi connectivity index (χ3n) is 22.9. The Kier molecular flexibility index (Phi) is 22.8. The summed E-state index contributed by atoms with van der Waals surface area (Å²) in [5, 5.41) is 26.4. The number of fused-ring (bicyclic) bond motifs is 22.